The molecule has 9 rings (SSSR count). The number of para-hydroxylation sites is 2. The lowest BCUT2D eigenvalue weighted by molar-refractivity contribution is 0.668. The quantitative estimate of drug-likeness (QED) is 0.237. The van der Waals surface area contributed by atoms with Crippen LogP contribution in [0.4, 0.5) is 0 Å². The smallest absolute Gasteiger partial charge is 0.135 e. The van der Waals surface area contributed by atoms with Crippen LogP contribution in [0.1, 0.15) is 11.1 Å². The first-order valence-electron chi connectivity index (χ1n) is 13.4. The molecule has 0 saturated heterocycles. The van der Waals surface area contributed by atoms with Crippen LogP contribution >= 0.6 is 0 Å². The highest BCUT2D eigenvalue weighted by Crippen LogP contribution is 2.42. The third-order valence-corrected chi connectivity index (χ3v) is 8.31. The monoisotopic (exact) mass is 498 g/mol. The van der Waals surface area contributed by atoms with Gasteiger partial charge in [-0.3, -0.25) is 0 Å². The lowest BCUT2D eigenvalue weighted by Crippen LogP contribution is -1.84. The molecule has 2 heteroatoms. The van der Waals surface area contributed by atoms with Crippen LogP contribution in [0, 0.1) is 0 Å². The van der Waals surface area contributed by atoms with Crippen LogP contribution in [-0.2, 0) is 6.42 Å². The van der Waals surface area contributed by atoms with Gasteiger partial charge in [0.25, 0.3) is 0 Å². The summed E-state index contributed by atoms with van der Waals surface area (Å²) in [4.78, 5) is 0. The molecule has 0 unspecified atom stereocenters. The zero-order chi connectivity index (χ0) is 25.5. The van der Waals surface area contributed by atoms with E-state index in [2.05, 4.69) is 97.1 Å². The number of rotatable bonds is 2. The van der Waals surface area contributed by atoms with Crippen LogP contribution in [0.5, 0.6) is 0 Å². The number of fused-ring (bicyclic) bond motifs is 9. The first-order chi connectivity index (χ1) is 19.3. The van der Waals surface area contributed by atoms with E-state index in [4.69, 9.17) is 8.83 Å². The number of hydrogen-bond donors (Lipinski definition) is 0. The van der Waals surface area contributed by atoms with E-state index >= 15 is 0 Å². The summed E-state index contributed by atoms with van der Waals surface area (Å²) in [5.74, 6) is 0. The van der Waals surface area contributed by atoms with Gasteiger partial charge in [0, 0.05) is 21.5 Å². The predicted molar refractivity (Wildman–Crippen MR) is 160 cm³/mol. The van der Waals surface area contributed by atoms with Gasteiger partial charge in [0.2, 0.25) is 0 Å². The van der Waals surface area contributed by atoms with Crippen molar-refractivity contribution in [3.8, 4) is 33.4 Å². The van der Waals surface area contributed by atoms with E-state index in [1.807, 2.05) is 24.3 Å². The maximum Gasteiger partial charge on any atom is 0.135 e. The van der Waals surface area contributed by atoms with Gasteiger partial charge < -0.3 is 8.83 Å². The van der Waals surface area contributed by atoms with E-state index in [-0.39, 0.29) is 0 Å². The molecule has 8 aromatic rings. The molecule has 2 nitrogen and oxygen atoms in total. The van der Waals surface area contributed by atoms with Gasteiger partial charge in [0.15, 0.2) is 0 Å². The van der Waals surface area contributed by atoms with Gasteiger partial charge in [0.05, 0.1) is 0 Å². The molecule has 6 aromatic carbocycles. The Kier molecular flexibility index (Phi) is 4.14. The Morgan fingerprint density at radius 3 is 1.28 bits per heavy atom. The molecule has 0 fully saturated rings. The van der Waals surface area contributed by atoms with Gasteiger partial charge in [-0.05, 0) is 99.5 Å². The van der Waals surface area contributed by atoms with Crippen molar-refractivity contribution in [3.63, 3.8) is 0 Å². The van der Waals surface area contributed by atoms with E-state index in [0.717, 1.165) is 50.3 Å². The van der Waals surface area contributed by atoms with Crippen molar-refractivity contribution in [1.29, 1.82) is 0 Å². The fraction of sp³-hybridized carbons (Fsp3) is 0.0270. The molecule has 0 N–H and O–H groups in total. The Bertz CT molecular complexity index is 2100. The van der Waals surface area contributed by atoms with Crippen LogP contribution < -0.4 is 0 Å². The molecule has 0 amide bonds. The third kappa shape index (κ3) is 3.09. The average molecular weight is 499 g/mol. The minimum Gasteiger partial charge on any atom is -0.456 e. The van der Waals surface area contributed by atoms with Crippen molar-refractivity contribution in [2.45, 2.75) is 6.42 Å². The molecule has 39 heavy (non-hydrogen) atoms. The van der Waals surface area contributed by atoms with Crippen molar-refractivity contribution in [2.24, 2.45) is 0 Å². The Labute approximate surface area is 224 Å². The highest BCUT2D eigenvalue weighted by molar-refractivity contribution is 6.07. The van der Waals surface area contributed by atoms with Gasteiger partial charge in [-0.1, -0.05) is 72.8 Å². The molecule has 0 atom stereocenters. The van der Waals surface area contributed by atoms with Crippen LogP contribution in [0.25, 0.3) is 77.3 Å². The first-order valence-corrected chi connectivity index (χ1v) is 13.4. The molecule has 1 aliphatic carbocycles. The minimum absolute atomic E-state index is 0.929. The van der Waals surface area contributed by atoms with E-state index < -0.39 is 0 Å². The number of furan rings is 2. The summed E-state index contributed by atoms with van der Waals surface area (Å²) >= 11 is 0. The topological polar surface area (TPSA) is 26.3 Å². The zero-order valence-corrected chi connectivity index (χ0v) is 21.1. The van der Waals surface area contributed by atoms with Crippen LogP contribution in [-0.4, -0.2) is 0 Å². The average Bonchev–Trinajstić information content (AvgIpc) is 3.66. The summed E-state index contributed by atoms with van der Waals surface area (Å²) in [6.07, 6.45) is 0.974. The third-order valence-electron chi connectivity index (χ3n) is 8.31. The minimum atomic E-state index is 0.929. The van der Waals surface area contributed by atoms with Gasteiger partial charge in [-0.2, -0.15) is 0 Å². The van der Waals surface area contributed by atoms with Gasteiger partial charge >= 0.3 is 0 Å². The van der Waals surface area contributed by atoms with E-state index in [1.165, 1.54) is 44.5 Å². The van der Waals surface area contributed by atoms with Gasteiger partial charge in [-0.15, -0.1) is 0 Å². The highest BCUT2D eigenvalue weighted by atomic mass is 16.3. The lowest BCUT2D eigenvalue weighted by Gasteiger charge is -2.09. The summed E-state index contributed by atoms with van der Waals surface area (Å²) < 4.78 is 12.1. The van der Waals surface area contributed by atoms with Crippen molar-refractivity contribution >= 4 is 43.9 Å². The molecule has 0 aliphatic heterocycles. The van der Waals surface area contributed by atoms with Gasteiger partial charge in [0.1, 0.15) is 22.3 Å². The molecule has 1 aliphatic rings. The number of hydrogen-bond acceptors (Lipinski definition) is 2. The summed E-state index contributed by atoms with van der Waals surface area (Å²) in [7, 11) is 0. The second-order valence-electron chi connectivity index (χ2n) is 10.5. The van der Waals surface area contributed by atoms with Crippen LogP contribution in [0.15, 0.2) is 130 Å². The normalized spacial score (nSPS) is 12.5. The summed E-state index contributed by atoms with van der Waals surface area (Å²) in [5, 5.41) is 4.64. The van der Waals surface area contributed by atoms with Crippen LogP contribution in [0.2, 0.25) is 0 Å². The van der Waals surface area contributed by atoms with Crippen molar-refractivity contribution in [1.82, 2.24) is 0 Å². The summed E-state index contributed by atoms with van der Waals surface area (Å²) in [6.45, 7) is 0. The highest BCUT2D eigenvalue weighted by Gasteiger charge is 2.20. The molecular weight excluding hydrogens is 476 g/mol. The molecule has 2 aromatic heterocycles. The Morgan fingerprint density at radius 1 is 0.359 bits per heavy atom. The van der Waals surface area contributed by atoms with Crippen molar-refractivity contribution in [3.05, 3.63) is 132 Å². The number of benzene rings is 6. The van der Waals surface area contributed by atoms with Gasteiger partial charge in [-0.25, -0.2) is 0 Å². The maximum atomic E-state index is 6.06. The largest absolute Gasteiger partial charge is 0.456 e. The fourth-order valence-corrected chi connectivity index (χ4v) is 6.34. The second-order valence-corrected chi connectivity index (χ2v) is 10.5. The van der Waals surface area contributed by atoms with E-state index in [9.17, 15) is 0 Å². The van der Waals surface area contributed by atoms with E-state index in [1.54, 1.807) is 0 Å². The molecule has 2 heterocycles. The zero-order valence-electron chi connectivity index (χ0n) is 21.1. The van der Waals surface area contributed by atoms with E-state index in [0.29, 0.717) is 0 Å². The molecule has 0 saturated carbocycles. The Morgan fingerprint density at radius 2 is 0.769 bits per heavy atom. The molecule has 0 radical (unpaired) electrons. The second kappa shape index (κ2) is 7.72. The Hall–Kier alpha value is -5.08. The molecule has 0 bridgehead atoms. The van der Waals surface area contributed by atoms with Crippen molar-refractivity contribution < 1.29 is 8.83 Å². The summed E-state index contributed by atoms with van der Waals surface area (Å²) in [5.41, 5.74) is 14.0. The lowest BCUT2D eigenvalue weighted by atomic mass is 9.95. The summed E-state index contributed by atoms with van der Waals surface area (Å²) in [6, 6.07) is 43.4. The maximum absolute atomic E-state index is 6.06. The molecule has 182 valence electrons. The van der Waals surface area contributed by atoms with Crippen LogP contribution in [0.3, 0.4) is 0 Å². The predicted octanol–water partition coefficient (Wildman–Crippen LogP) is 10.4. The standard InChI is InChI=1S/C37H22O2/c1-3-7-34-28(5-1)32-20-24(13-15-36(32)38-34)22-9-11-26-17-27-12-10-23(19-31(27)30(26)18-22)25-14-16-37-33(21-25)29-6-2-4-8-35(29)39-37/h1-16,18-21H,17H2. The molecular formula is C37H22O2. The SMILES string of the molecule is c1ccc2c(c1)oc1ccc(-c3ccc4c(c3)-c3cc(-c5ccc6oc7ccccc7c6c5)ccc3C4)cc12. The van der Waals surface area contributed by atoms with Crippen molar-refractivity contribution in [2.75, 3.05) is 0 Å². The first kappa shape index (κ1) is 20.9. The molecule has 0 spiro atoms. The fourth-order valence-electron chi connectivity index (χ4n) is 6.34. The Balaban J connectivity index is 1.15.